The van der Waals surface area contributed by atoms with Crippen LogP contribution in [0.15, 0.2) is 84.9 Å². The largest absolute Gasteiger partial charge is 0.494 e. The van der Waals surface area contributed by atoms with Crippen molar-refractivity contribution in [2.45, 2.75) is 31.7 Å². The molecule has 2 atom stereocenters. The van der Waals surface area contributed by atoms with Crippen LogP contribution in [0, 0.1) is 5.92 Å². The number of carbonyl (C=O) groups is 1. The number of β-lactam (4-membered cyclic amide) rings is 1. The van der Waals surface area contributed by atoms with E-state index in [4.69, 9.17) is 10.5 Å². The van der Waals surface area contributed by atoms with Crippen molar-refractivity contribution in [3.05, 3.63) is 96.1 Å². The molecule has 0 unspecified atom stereocenters. The molecule has 31 heavy (non-hydrogen) atoms. The Kier molecular flexibility index (Phi) is 7.00. The summed E-state index contributed by atoms with van der Waals surface area (Å²) in [5, 5.41) is 0. The number of carbonyl (C=O) groups excluding carboxylic acids is 1. The van der Waals surface area contributed by atoms with E-state index in [-0.39, 0.29) is 17.9 Å². The molecule has 0 aromatic heterocycles. The molecule has 0 saturated carbocycles. The average Bonchev–Trinajstić information content (AvgIpc) is 2.82. The first kappa shape index (κ1) is 21.1. The number of amides is 1. The van der Waals surface area contributed by atoms with E-state index in [2.05, 4.69) is 36.4 Å². The molecule has 160 valence electrons. The van der Waals surface area contributed by atoms with Gasteiger partial charge in [0, 0.05) is 5.69 Å². The van der Waals surface area contributed by atoms with Gasteiger partial charge in [0.1, 0.15) is 5.75 Å². The predicted octanol–water partition coefficient (Wildman–Crippen LogP) is 5.14. The SMILES string of the molecule is NCCCOc1ccc([C@@H]2[C@@H](CCCc3ccccc3)C(=O)N2c2ccccc2)cc1. The Morgan fingerprint density at radius 1 is 0.839 bits per heavy atom. The van der Waals surface area contributed by atoms with Crippen LogP contribution in [0.2, 0.25) is 0 Å². The van der Waals surface area contributed by atoms with E-state index in [1.54, 1.807) is 0 Å². The molecule has 0 aliphatic carbocycles. The maximum Gasteiger partial charge on any atom is 0.233 e. The van der Waals surface area contributed by atoms with Crippen molar-refractivity contribution >= 4 is 11.6 Å². The van der Waals surface area contributed by atoms with E-state index in [0.29, 0.717) is 13.2 Å². The molecule has 0 spiro atoms. The van der Waals surface area contributed by atoms with E-state index in [0.717, 1.165) is 42.7 Å². The molecular weight excluding hydrogens is 384 g/mol. The second-order valence-corrected chi connectivity index (χ2v) is 8.03. The number of aryl methyl sites for hydroxylation is 1. The number of anilines is 1. The zero-order valence-electron chi connectivity index (χ0n) is 17.8. The fourth-order valence-corrected chi connectivity index (χ4v) is 4.29. The third kappa shape index (κ3) is 4.97. The van der Waals surface area contributed by atoms with Crippen LogP contribution in [0.25, 0.3) is 0 Å². The van der Waals surface area contributed by atoms with Gasteiger partial charge in [0.25, 0.3) is 0 Å². The van der Waals surface area contributed by atoms with E-state index in [1.807, 2.05) is 53.4 Å². The summed E-state index contributed by atoms with van der Waals surface area (Å²) in [7, 11) is 0. The first-order valence-electron chi connectivity index (χ1n) is 11.1. The lowest BCUT2D eigenvalue weighted by Gasteiger charge is -2.47. The topological polar surface area (TPSA) is 55.6 Å². The number of hydrogen-bond donors (Lipinski definition) is 1. The van der Waals surface area contributed by atoms with Gasteiger partial charge < -0.3 is 15.4 Å². The number of nitrogens with zero attached hydrogens (tertiary/aromatic N) is 1. The maximum absolute atomic E-state index is 13.1. The minimum absolute atomic E-state index is 0.00734. The Morgan fingerprint density at radius 3 is 2.19 bits per heavy atom. The number of hydrogen-bond acceptors (Lipinski definition) is 3. The van der Waals surface area contributed by atoms with Crippen LogP contribution in [0.1, 0.15) is 36.4 Å². The van der Waals surface area contributed by atoms with Crippen LogP contribution < -0.4 is 15.4 Å². The van der Waals surface area contributed by atoms with Crippen LogP contribution in [0.5, 0.6) is 5.75 Å². The summed E-state index contributed by atoms with van der Waals surface area (Å²) in [5.41, 5.74) is 8.97. The Hall–Kier alpha value is -3.11. The molecule has 4 nitrogen and oxygen atoms in total. The van der Waals surface area contributed by atoms with E-state index >= 15 is 0 Å². The molecule has 1 heterocycles. The summed E-state index contributed by atoms with van der Waals surface area (Å²) >= 11 is 0. The number of benzene rings is 3. The summed E-state index contributed by atoms with van der Waals surface area (Å²) in [6.07, 6.45) is 3.72. The van der Waals surface area contributed by atoms with Crippen molar-refractivity contribution in [1.82, 2.24) is 0 Å². The Balaban J connectivity index is 1.48. The van der Waals surface area contributed by atoms with Gasteiger partial charge in [-0.1, -0.05) is 60.7 Å². The summed E-state index contributed by atoms with van der Waals surface area (Å²) in [4.78, 5) is 15.1. The molecule has 1 aliphatic heterocycles. The standard InChI is InChI=1S/C27H30N2O2/c28-19-8-20-31-24-17-15-22(16-18-24)26-25(14-7-11-21-9-3-1-4-10-21)27(30)29(26)23-12-5-2-6-13-23/h1-6,9-10,12-13,15-18,25-26H,7-8,11,14,19-20,28H2/t25-,26-/m1/s1. The van der Waals surface area contributed by atoms with Gasteiger partial charge >= 0.3 is 0 Å². The number of rotatable bonds is 10. The summed E-state index contributed by atoms with van der Waals surface area (Å²) in [6, 6.07) is 28.7. The molecular formula is C27H30N2O2. The van der Waals surface area contributed by atoms with E-state index < -0.39 is 0 Å². The number of para-hydroxylation sites is 1. The first-order valence-corrected chi connectivity index (χ1v) is 11.1. The third-order valence-corrected chi connectivity index (χ3v) is 5.91. The van der Waals surface area contributed by atoms with Crippen molar-refractivity contribution in [1.29, 1.82) is 0 Å². The molecule has 3 aromatic rings. The smallest absolute Gasteiger partial charge is 0.233 e. The van der Waals surface area contributed by atoms with Crippen LogP contribution >= 0.6 is 0 Å². The lowest BCUT2D eigenvalue weighted by atomic mass is 9.78. The highest BCUT2D eigenvalue weighted by Gasteiger charge is 2.48. The Bertz CT molecular complexity index is 958. The highest BCUT2D eigenvalue weighted by atomic mass is 16.5. The monoisotopic (exact) mass is 414 g/mol. The molecule has 1 amide bonds. The van der Waals surface area contributed by atoms with Crippen molar-refractivity contribution in [2.75, 3.05) is 18.1 Å². The van der Waals surface area contributed by atoms with Gasteiger partial charge in [-0.05, 0) is 67.6 Å². The molecule has 4 heteroatoms. The van der Waals surface area contributed by atoms with Crippen LogP contribution in [-0.2, 0) is 11.2 Å². The maximum atomic E-state index is 13.1. The summed E-state index contributed by atoms with van der Waals surface area (Å²) in [5.74, 6) is 1.06. The van der Waals surface area contributed by atoms with Gasteiger partial charge in [0.05, 0.1) is 18.6 Å². The molecule has 1 aliphatic rings. The zero-order valence-corrected chi connectivity index (χ0v) is 17.8. The van der Waals surface area contributed by atoms with Gasteiger partial charge in [0.2, 0.25) is 5.91 Å². The minimum atomic E-state index is 0.00734. The van der Waals surface area contributed by atoms with Crippen molar-refractivity contribution in [3.8, 4) is 5.75 Å². The van der Waals surface area contributed by atoms with E-state index in [9.17, 15) is 4.79 Å². The highest BCUT2D eigenvalue weighted by molar-refractivity contribution is 6.03. The number of ether oxygens (including phenoxy) is 1. The average molecular weight is 415 g/mol. The van der Waals surface area contributed by atoms with Gasteiger partial charge in [-0.3, -0.25) is 4.79 Å². The van der Waals surface area contributed by atoms with Gasteiger partial charge in [-0.15, -0.1) is 0 Å². The zero-order chi connectivity index (χ0) is 21.5. The predicted molar refractivity (Wildman–Crippen MR) is 125 cm³/mol. The summed E-state index contributed by atoms with van der Waals surface area (Å²) < 4.78 is 5.75. The van der Waals surface area contributed by atoms with Crippen LogP contribution in [-0.4, -0.2) is 19.1 Å². The molecule has 2 N–H and O–H groups in total. The second-order valence-electron chi connectivity index (χ2n) is 8.03. The lowest BCUT2D eigenvalue weighted by molar-refractivity contribution is -0.130. The third-order valence-electron chi connectivity index (χ3n) is 5.91. The second kappa shape index (κ2) is 10.3. The summed E-state index contributed by atoms with van der Waals surface area (Å²) in [6.45, 7) is 1.25. The highest BCUT2D eigenvalue weighted by Crippen LogP contribution is 2.45. The van der Waals surface area contributed by atoms with Crippen molar-refractivity contribution in [2.24, 2.45) is 11.7 Å². The Labute approximate surface area is 184 Å². The molecule has 1 saturated heterocycles. The first-order chi connectivity index (χ1) is 15.3. The lowest BCUT2D eigenvalue weighted by Crippen LogP contribution is -2.55. The van der Waals surface area contributed by atoms with Crippen LogP contribution in [0.4, 0.5) is 5.69 Å². The quantitative estimate of drug-likeness (QED) is 0.369. The van der Waals surface area contributed by atoms with Gasteiger partial charge in [-0.25, -0.2) is 0 Å². The molecule has 0 radical (unpaired) electrons. The molecule has 0 bridgehead atoms. The Morgan fingerprint density at radius 2 is 1.52 bits per heavy atom. The molecule has 3 aromatic carbocycles. The molecule has 4 rings (SSSR count). The van der Waals surface area contributed by atoms with E-state index in [1.165, 1.54) is 5.56 Å². The fraction of sp³-hybridized carbons (Fsp3) is 0.296. The number of nitrogens with two attached hydrogens (primary N) is 1. The van der Waals surface area contributed by atoms with Crippen LogP contribution in [0.3, 0.4) is 0 Å². The molecule has 1 fully saturated rings. The van der Waals surface area contributed by atoms with Crippen molar-refractivity contribution < 1.29 is 9.53 Å². The van der Waals surface area contributed by atoms with Gasteiger partial charge in [0.15, 0.2) is 0 Å². The van der Waals surface area contributed by atoms with Crippen molar-refractivity contribution in [3.63, 3.8) is 0 Å². The fourth-order valence-electron chi connectivity index (χ4n) is 4.29. The normalized spacial score (nSPS) is 18.0. The minimum Gasteiger partial charge on any atom is -0.494 e. The van der Waals surface area contributed by atoms with Gasteiger partial charge in [-0.2, -0.15) is 0 Å².